The van der Waals surface area contributed by atoms with Gasteiger partial charge in [0.05, 0.1) is 11.2 Å². The molecule has 0 saturated heterocycles. The summed E-state index contributed by atoms with van der Waals surface area (Å²) in [7, 11) is 0. The molecule has 1 aromatic rings. The van der Waals surface area contributed by atoms with Gasteiger partial charge in [0.25, 0.3) is 0 Å². The average molecular weight is 189 g/mol. The number of aliphatic imine (C=N–C) groups is 1. The van der Waals surface area contributed by atoms with Crippen LogP contribution in [0.25, 0.3) is 0 Å². The molecule has 1 aromatic carbocycles. The van der Waals surface area contributed by atoms with Crippen LogP contribution in [0, 0.1) is 5.92 Å². The Morgan fingerprint density at radius 2 is 2.23 bits per heavy atom. The lowest BCUT2D eigenvalue weighted by Gasteiger charge is -2.08. The van der Waals surface area contributed by atoms with Gasteiger partial charge < -0.3 is 0 Å². The van der Waals surface area contributed by atoms with E-state index in [1.165, 1.54) is 11.1 Å². The van der Waals surface area contributed by atoms with Crippen molar-refractivity contribution < 1.29 is 0 Å². The third-order valence-corrected chi connectivity index (χ3v) is 2.75. The molecular weight excluding hydrogens is 178 g/mol. The van der Waals surface area contributed by atoms with Gasteiger partial charge in [0.15, 0.2) is 0 Å². The zero-order chi connectivity index (χ0) is 9.26. The highest BCUT2D eigenvalue weighted by Gasteiger charge is 2.27. The molecule has 0 amide bonds. The molecule has 0 aromatic heterocycles. The van der Waals surface area contributed by atoms with Gasteiger partial charge in [-0.2, -0.15) is 0 Å². The summed E-state index contributed by atoms with van der Waals surface area (Å²) in [5.74, 6) is 0.563. The fourth-order valence-corrected chi connectivity index (χ4v) is 2.14. The monoisotopic (exact) mass is 189 g/mol. The lowest BCUT2D eigenvalue weighted by molar-refractivity contribution is 0.518. The minimum atomic E-state index is 0.244. The van der Waals surface area contributed by atoms with Crippen molar-refractivity contribution in [3.63, 3.8) is 0 Å². The van der Waals surface area contributed by atoms with Crippen LogP contribution in [0.5, 0.6) is 0 Å². The third kappa shape index (κ3) is 1.43. The SMILES string of the molecule is CC1Cc2ccccc2C1N=C=S. The predicted molar refractivity (Wildman–Crippen MR) is 57.1 cm³/mol. The highest BCUT2D eigenvalue weighted by molar-refractivity contribution is 7.78. The molecule has 0 heterocycles. The molecule has 0 fully saturated rings. The lowest BCUT2D eigenvalue weighted by Crippen LogP contribution is -1.99. The van der Waals surface area contributed by atoms with Crippen LogP contribution >= 0.6 is 12.2 Å². The van der Waals surface area contributed by atoms with Crippen molar-refractivity contribution in [2.45, 2.75) is 19.4 Å². The number of fused-ring (bicyclic) bond motifs is 1. The van der Waals surface area contributed by atoms with E-state index < -0.39 is 0 Å². The molecule has 1 aliphatic rings. The first-order valence-electron chi connectivity index (χ1n) is 4.47. The van der Waals surface area contributed by atoms with Gasteiger partial charge in [-0.3, -0.25) is 0 Å². The summed E-state index contributed by atoms with van der Waals surface area (Å²) in [5, 5.41) is 2.49. The fourth-order valence-electron chi connectivity index (χ4n) is 2.03. The van der Waals surface area contributed by atoms with Crippen LogP contribution in [0.4, 0.5) is 0 Å². The first-order valence-corrected chi connectivity index (χ1v) is 4.88. The lowest BCUT2D eigenvalue weighted by atomic mass is 10.0. The van der Waals surface area contributed by atoms with Gasteiger partial charge in [0.1, 0.15) is 0 Å². The van der Waals surface area contributed by atoms with Crippen molar-refractivity contribution in [3.8, 4) is 0 Å². The summed E-state index contributed by atoms with van der Waals surface area (Å²) in [6, 6.07) is 8.69. The van der Waals surface area contributed by atoms with Crippen molar-refractivity contribution in [3.05, 3.63) is 35.4 Å². The summed E-state index contributed by atoms with van der Waals surface area (Å²) in [6.45, 7) is 2.21. The Labute approximate surface area is 83.5 Å². The molecule has 13 heavy (non-hydrogen) atoms. The van der Waals surface area contributed by atoms with Crippen LogP contribution in [0.3, 0.4) is 0 Å². The molecule has 0 bridgehead atoms. The van der Waals surface area contributed by atoms with Crippen molar-refractivity contribution in [1.82, 2.24) is 0 Å². The van der Waals surface area contributed by atoms with E-state index in [1.54, 1.807) is 0 Å². The minimum absolute atomic E-state index is 0.244. The number of hydrogen-bond acceptors (Lipinski definition) is 2. The molecule has 0 N–H and O–H groups in total. The van der Waals surface area contributed by atoms with Gasteiger partial charge in [-0.15, -0.1) is 0 Å². The van der Waals surface area contributed by atoms with Crippen molar-refractivity contribution in [2.75, 3.05) is 0 Å². The molecule has 2 unspecified atom stereocenters. The second-order valence-corrected chi connectivity index (χ2v) is 3.73. The molecule has 2 rings (SSSR count). The van der Waals surface area contributed by atoms with Gasteiger partial charge in [0, 0.05) is 0 Å². The Morgan fingerprint density at radius 3 is 3.00 bits per heavy atom. The highest BCUT2D eigenvalue weighted by atomic mass is 32.1. The third-order valence-electron chi connectivity index (χ3n) is 2.65. The summed E-state index contributed by atoms with van der Waals surface area (Å²) in [4.78, 5) is 4.21. The first-order chi connectivity index (χ1) is 6.33. The Morgan fingerprint density at radius 1 is 1.46 bits per heavy atom. The Bertz CT molecular complexity index is 366. The van der Waals surface area contributed by atoms with Gasteiger partial charge in [0.2, 0.25) is 0 Å². The van der Waals surface area contributed by atoms with Gasteiger partial charge in [-0.1, -0.05) is 31.2 Å². The summed E-state index contributed by atoms with van der Waals surface area (Å²) in [6.07, 6.45) is 1.11. The maximum absolute atomic E-state index is 4.65. The number of nitrogens with zero attached hydrogens (tertiary/aromatic N) is 1. The molecule has 66 valence electrons. The van der Waals surface area contributed by atoms with Crippen LogP contribution in [-0.4, -0.2) is 5.16 Å². The first kappa shape index (κ1) is 8.61. The van der Waals surface area contributed by atoms with E-state index in [0.717, 1.165) is 6.42 Å². The van der Waals surface area contributed by atoms with E-state index in [1.807, 2.05) is 0 Å². The topological polar surface area (TPSA) is 12.4 Å². The second kappa shape index (κ2) is 3.41. The van der Waals surface area contributed by atoms with Crippen LogP contribution in [0.1, 0.15) is 24.1 Å². The van der Waals surface area contributed by atoms with E-state index in [9.17, 15) is 0 Å². The van der Waals surface area contributed by atoms with Crippen molar-refractivity contribution in [1.29, 1.82) is 0 Å². The average Bonchev–Trinajstić information content (AvgIpc) is 2.44. The normalized spacial score (nSPS) is 25.0. The molecule has 2 atom stereocenters. The smallest absolute Gasteiger partial charge is 0.0883 e. The van der Waals surface area contributed by atoms with Crippen LogP contribution in [-0.2, 0) is 6.42 Å². The van der Waals surface area contributed by atoms with Crippen molar-refractivity contribution in [2.24, 2.45) is 10.9 Å². The molecule has 1 nitrogen and oxygen atoms in total. The van der Waals surface area contributed by atoms with Gasteiger partial charge in [-0.05, 0) is 35.7 Å². The Hall–Kier alpha value is -0.980. The van der Waals surface area contributed by atoms with Crippen molar-refractivity contribution >= 4 is 17.4 Å². The second-order valence-electron chi connectivity index (χ2n) is 3.55. The molecule has 2 heteroatoms. The molecule has 0 aliphatic heterocycles. The summed E-state index contributed by atoms with van der Waals surface area (Å²) >= 11 is 4.65. The maximum Gasteiger partial charge on any atom is 0.0883 e. The standard InChI is InChI=1S/C11H11NS/c1-8-6-9-4-2-3-5-10(9)11(8)12-7-13/h2-5,8,11H,6H2,1H3. The number of hydrogen-bond donors (Lipinski definition) is 0. The number of thiocarbonyl (C=S) groups is 1. The zero-order valence-corrected chi connectivity index (χ0v) is 8.34. The predicted octanol–water partition coefficient (Wildman–Crippen LogP) is 3.02. The number of isothiocyanates is 1. The fraction of sp³-hybridized carbons (Fsp3) is 0.364. The molecule has 0 radical (unpaired) electrons. The molecule has 0 saturated carbocycles. The maximum atomic E-state index is 4.65. The molecule has 0 spiro atoms. The van der Waals surface area contributed by atoms with Crippen LogP contribution in [0.15, 0.2) is 29.3 Å². The van der Waals surface area contributed by atoms with Gasteiger partial charge in [-0.25, -0.2) is 4.99 Å². The Kier molecular flexibility index (Phi) is 2.26. The Balaban J connectivity index is 2.46. The van der Waals surface area contributed by atoms with E-state index in [0.29, 0.717) is 5.92 Å². The van der Waals surface area contributed by atoms with Crippen LogP contribution in [0.2, 0.25) is 0 Å². The van der Waals surface area contributed by atoms with E-state index in [-0.39, 0.29) is 6.04 Å². The number of benzene rings is 1. The van der Waals surface area contributed by atoms with E-state index in [4.69, 9.17) is 0 Å². The van der Waals surface area contributed by atoms with Gasteiger partial charge >= 0.3 is 0 Å². The number of rotatable bonds is 1. The summed E-state index contributed by atoms with van der Waals surface area (Å²) in [5.41, 5.74) is 2.74. The summed E-state index contributed by atoms with van der Waals surface area (Å²) < 4.78 is 0. The minimum Gasteiger partial charge on any atom is -0.224 e. The van der Waals surface area contributed by atoms with Crippen LogP contribution < -0.4 is 0 Å². The zero-order valence-electron chi connectivity index (χ0n) is 7.53. The van der Waals surface area contributed by atoms with E-state index in [2.05, 4.69) is 53.6 Å². The largest absolute Gasteiger partial charge is 0.224 e. The quantitative estimate of drug-likeness (QED) is 0.488. The molecule has 1 aliphatic carbocycles. The molecular formula is C11H11NS. The highest BCUT2D eigenvalue weighted by Crippen LogP contribution is 2.37. The van der Waals surface area contributed by atoms with E-state index >= 15 is 0 Å².